The number of carbonyl (C=O) groups excluding carboxylic acids is 1. The Morgan fingerprint density at radius 2 is 2.35 bits per heavy atom. The van der Waals surface area contributed by atoms with Crippen LogP contribution in [0.3, 0.4) is 0 Å². The van der Waals surface area contributed by atoms with Crippen LogP contribution in [-0.4, -0.2) is 23.7 Å². The Morgan fingerprint density at radius 3 is 3.10 bits per heavy atom. The van der Waals surface area contributed by atoms with Crippen LogP contribution in [0, 0.1) is 5.92 Å². The number of thioether (sulfide) groups is 1. The predicted molar refractivity (Wildman–Crippen MR) is 80.1 cm³/mol. The molecule has 20 heavy (non-hydrogen) atoms. The van der Waals surface area contributed by atoms with E-state index in [1.807, 2.05) is 12.1 Å². The first-order valence-electron chi connectivity index (χ1n) is 7.01. The van der Waals surface area contributed by atoms with Crippen molar-refractivity contribution >= 4 is 17.7 Å². The normalized spacial score (nSPS) is 23.1. The average molecular weight is 295 g/mol. The Morgan fingerprint density at radius 1 is 1.50 bits per heavy atom. The van der Waals surface area contributed by atoms with Crippen molar-refractivity contribution in [3.63, 3.8) is 0 Å². The van der Waals surface area contributed by atoms with Crippen LogP contribution >= 0.6 is 11.8 Å². The molecule has 4 nitrogen and oxygen atoms in total. The Labute approximate surface area is 123 Å². The molecule has 1 amide bonds. The molecule has 110 valence electrons. The van der Waals surface area contributed by atoms with Gasteiger partial charge in [-0.1, -0.05) is 12.8 Å². The van der Waals surface area contributed by atoms with E-state index < -0.39 is 0 Å². The van der Waals surface area contributed by atoms with Crippen molar-refractivity contribution in [1.29, 1.82) is 0 Å². The highest BCUT2D eigenvalue weighted by Crippen LogP contribution is 2.24. The Bertz CT molecular complexity index is 430. The standard InChI is InChI=1S/C15H21NO3S/c17-10-12-4-1-2-6-14(12)16-15(18)7-9-20-11-13-5-3-8-19-13/h3,5,7-9,12,14,17H,1-2,4,6,10-11H2,(H,16,18)/b9-7+. The third-order valence-electron chi connectivity index (χ3n) is 3.59. The first-order chi connectivity index (χ1) is 9.79. The van der Waals surface area contributed by atoms with Gasteiger partial charge in [-0.25, -0.2) is 0 Å². The molecule has 2 N–H and O–H groups in total. The highest BCUT2D eigenvalue weighted by Gasteiger charge is 2.25. The molecule has 0 saturated heterocycles. The average Bonchev–Trinajstić information content (AvgIpc) is 2.97. The molecule has 1 fully saturated rings. The van der Waals surface area contributed by atoms with Crippen LogP contribution in [0.25, 0.3) is 0 Å². The number of nitrogens with one attached hydrogen (secondary N) is 1. The van der Waals surface area contributed by atoms with Gasteiger partial charge in [-0.2, -0.15) is 0 Å². The van der Waals surface area contributed by atoms with Crippen LogP contribution in [0.15, 0.2) is 34.3 Å². The largest absolute Gasteiger partial charge is 0.468 e. The van der Waals surface area contributed by atoms with Crippen molar-refractivity contribution in [3.05, 3.63) is 35.6 Å². The number of hydrogen-bond donors (Lipinski definition) is 2. The van der Waals surface area contributed by atoms with E-state index in [-0.39, 0.29) is 24.5 Å². The van der Waals surface area contributed by atoms with Gasteiger partial charge in [-0.05, 0) is 30.4 Å². The molecule has 1 aromatic rings. The van der Waals surface area contributed by atoms with Crippen molar-refractivity contribution in [1.82, 2.24) is 5.32 Å². The van der Waals surface area contributed by atoms with Crippen LogP contribution < -0.4 is 5.32 Å². The molecule has 1 aliphatic rings. The van der Waals surface area contributed by atoms with Crippen molar-refractivity contribution in [2.75, 3.05) is 6.61 Å². The summed E-state index contributed by atoms with van der Waals surface area (Å²) >= 11 is 1.52. The summed E-state index contributed by atoms with van der Waals surface area (Å²) < 4.78 is 5.21. The van der Waals surface area contributed by atoms with Gasteiger partial charge < -0.3 is 14.8 Å². The summed E-state index contributed by atoms with van der Waals surface area (Å²) in [4.78, 5) is 11.8. The number of hydrogen-bond acceptors (Lipinski definition) is 4. The summed E-state index contributed by atoms with van der Waals surface area (Å²) in [6.07, 6.45) is 7.43. The molecule has 0 radical (unpaired) electrons. The molecule has 0 spiro atoms. The van der Waals surface area contributed by atoms with Gasteiger partial charge in [0.05, 0.1) is 12.0 Å². The zero-order valence-corrected chi connectivity index (χ0v) is 12.3. The van der Waals surface area contributed by atoms with E-state index in [0.29, 0.717) is 0 Å². The van der Waals surface area contributed by atoms with Crippen molar-refractivity contribution in [2.45, 2.75) is 37.5 Å². The van der Waals surface area contributed by atoms with Crippen molar-refractivity contribution in [2.24, 2.45) is 5.92 Å². The van der Waals surface area contributed by atoms with E-state index in [2.05, 4.69) is 5.32 Å². The third kappa shape index (κ3) is 4.72. The molecule has 1 aliphatic carbocycles. The minimum absolute atomic E-state index is 0.0812. The first-order valence-corrected chi connectivity index (χ1v) is 8.06. The highest BCUT2D eigenvalue weighted by atomic mass is 32.2. The van der Waals surface area contributed by atoms with E-state index in [0.717, 1.165) is 37.2 Å². The highest BCUT2D eigenvalue weighted by molar-refractivity contribution is 8.01. The van der Waals surface area contributed by atoms with Gasteiger partial charge in [-0.3, -0.25) is 4.79 Å². The maximum absolute atomic E-state index is 11.8. The summed E-state index contributed by atoms with van der Waals surface area (Å²) in [7, 11) is 0. The second kappa shape index (κ2) is 8.17. The van der Waals surface area contributed by atoms with Crippen LogP contribution in [0.1, 0.15) is 31.4 Å². The van der Waals surface area contributed by atoms with Gasteiger partial charge in [-0.15, -0.1) is 11.8 Å². The molecule has 5 heteroatoms. The van der Waals surface area contributed by atoms with E-state index in [9.17, 15) is 9.90 Å². The minimum atomic E-state index is -0.0812. The molecule has 0 aliphatic heterocycles. The second-order valence-corrected chi connectivity index (χ2v) is 5.93. The van der Waals surface area contributed by atoms with E-state index >= 15 is 0 Å². The van der Waals surface area contributed by atoms with Crippen LogP contribution in [0.4, 0.5) is 0 Å². The topological polar surface area (TPSA) is 62.5 Å². The zero-order valence-electron chi connectivity index (χ0n) is 11.5. The number of amides is 1. The Balaban J connectivity index is 1.71. The molecule has 1 aromatic heterocycles. The smallest absolute Gasteiger partial charge is 0.244 e. The summed E-state index contributed by atoms with van der Waals surface area (Å²) in [6, 6.07) is 3.88. The summed E-state index contributed by atoms with van der Waals surface area (Å²) in [6.45, 7) is 0.155. The monoisotopic (exact) mass is 295 g/mol. The van der Waals surface area contributed by atoms with E-state index in [1.165, 1.54) is 11.8 Å². The van der Waals surface area contributed by atoms with E-state index in [4.69, 9.17) is 4.42 Å². The van der Waals surface area contributed by atoms with Gasteiger partial charge in [0.2, 0.25) is 5.91 Å². The van der Waals surface area contributed by atoms with Gasteiger partial charge >= 0.3 is 0 Å². The molecule has 2 atom stereocenters. The lowest BCUT2D eigenvalue weighted by Crippen LogP contribution is -2.42. The zero-order chi connectivity index (χ0) is 14.2. The summed E-state index contributed by atoms with van der Waals surface area (Å²) in [5.74, 6) is 1.74. The molecule has 2 rings (SSSR count). The van der Waals surface area contributed by atoms with Gasteiger partial charge in [0.1, 0.15) is 5.76 Å². The predicted octanol–water partition coefficient (Wildman–Crippen LogP) is 2.69. The molecule has 2 unspecified atom stereocenters. The fourth-order valence-electron chi connectivity index (χ4n) is 2.48. The molecule has 1 saturated carbocycles. The SMILES string of the molecule is O=C(/C=C/SCc1ccco1)NC1CCCCC1CO. The van der Waals surface area contributed by atoms with Gasteiger partial charge in [0.15, 0.2) is 0 Å². The van der Waals surface area contributed by atoms with Gasteiger partial charge in [0.25, 0.3) is 0 Å². The Hall–Kier alpha value is -1.20. The minimum Gasteiger partial charge on any atom is -0.468 e. The van der Waals surface area contributed by atoms with E-state index in [1.54, 1.807) is 17.7 Å². The lowest BCUT2D eigenvalue weighted by Gasteiger charge is -2.30. The van der Waals surface area contributed by atoms with Crippen LogP contribution in [0.5, 0.6) is 0 Å². The number of rotatable bonds is 6. The number of aliphatic hydroxyl groups is 1. The van der Waals surface area contributed by atoms with Crippen molar-refractivity contribution in [3.8, 4) is 0 Å². The van der Waals surface area contributed by atoms with Gasteiger partial charge in [0, 0.05) is 24.6 Å². The van der Waals surface area contributed by atoms with Crippen LogP contribution in [0.2, 0.25) is 0 Å². The Kier molecular flexibility index (Phi) is 6.21. The molecule has 0 aromatic carbocycles. The van der Waals surface area contributed by atoms with Crippen molar-refractivity contribution < 1.29 is 14.3 Å². The maximum Gasteiger partial charge on any atom is 0.244 e. The number of aliphatic hydroxyl groups excluding tert-OH is 1. The fourth-order valence-corrected chi connectivity index (χ4v) is 3.13. The quantitative estimate of drug-likeness (QED) is 0.792. The molecular weight excluding hydrogens is 274 g/mol. The fraction of sp³-hybridized carbons (Fsp3) is 0.533. The molecule has 0 bridgehead atoms. The molecule has 1 heterocycles. The maximum atomic E-state index is 11.8. The third-order valence-corrected chi connectivity index (χ3v) is 4.37. The lowest BCUT2D eigenvalue weighted by atomic mass is 9.85. The number of furan rings is 1. The molecular formula is C15H21NO3S. The first kappa shape index (κ1) is 15.2. The van der Waals surface area contributed by atoms with Crippen LogP contribution in [-0.2, 0) is 10.5 Å². The summed E-state index contributed by atoms with van der Waals surface area (Å²) in [5, 5.41) is 14.1. The lowest BCUT2D eigenvalue weighted by molar-refractivity contribution is -0.117. The number of carbonyl (C=O) groups is 1. The summed E-state index contributed by atoms with van der Waals surface area (Å²) in [5.41, 5.74) is 0. The second-order valence-electron chi connectivity index (χ2n) is 5.04.